The van der Waals surface area contributed by atoms with Gasteiger partial charge in [0.1, 0.15) is 0 Å². The fraction of sp³-hybridized carbons (Fsp3) is 0.545. The molecule has 1 unspecified atom stereocenters. The number of hydrogen-bond acceptors (Lipinski definition) is 0. The number of aryl methyl sites for hydroxylation is 2. The van der Waals surface area contributed by atoms with Crippen LogP contribution in [0.2, 0.25) is 0 Å². The molecule has 0 heteroatoms. The molecule has 1 aromatic rings. The van der Waals surface area contributed by atoms with Crippen LogP contribution >= 0.6 is 0 Å². The van der Waals surface area contributed by atoms with Gasteiger partial charge in [-0.15, -0.1) is 13.2 Å². The van der Waals surface area contributed by atoms with E-state index in [1.54, 1.807) is 0 Å². The molecule has 0 aliphatic rings. The number of hydrogen-bond donors (Lipinski definition) is 0. The van der Waals surface area contributed by atoms with E-state index >= 15 is 0 Å². The van der Waals surface area contributed by atoms with Gasteiger partial charge in [-0.2, -0.15) is 0 Å². The molecule has 1 aromatic carbocycles. The first kappa shape index (κ1) is 25.6. The van der Waals surface area contributed by atoms with Gasteiger partial charge in [0.15, 0.2) is 0 Å². The fourth-order valence-corrected chi connectivity index (χ4v) is 1.60. The summed E-state index contributed by atoms with van der Waals surface area (Å²) in [7, 11) is 0. The van der Waals surface area contributed by atoms with Crippen molar-refractivity contribution in [1.82, 2.24) is 0 Å². The number of rotatable bonds is 4. The Balaban J connectivity index is -0.000000301. The van der Waals surface area contributed by atoms with Crippen molar-refractivity contribution in [1.29, 1.82) is 0 Å². The molecule has 0 N–H and O–H groups in total. The van der Waals surface area contributed by atoms with Crippen LogP contribution in [0.5, 0.6) is 0 Å². The van der Waals surface area contributed by atoms with E-state index in [-0.39, 0.29) is 0 Å². The normalized spacial score (nSPS) is 9.64. The smallest absolute Gasteiger partial charge is 0.0190 e. The van der Waals surface area contributed by atoms with Crippen molar-refractivity contribution >= 4 is 0 Å². The summed E-state index contributed by atoms with van der Waals surface area (Å²) in [5.74, 6) is 0.700. The second kappa shape index (κ2) is 19.7. The lowest BCUT2D eigenvalue weighted by Gasteiger charge is -2.12. The molecule has 0 saturated heterocycles. The Hall–Kier alpha value is -1.30. The first-order valence-electron chi connectivity index (χ1n) is 8.77. The van der Waals surface area contributed by atoms with Gasteiger partial charge >= 0.3 is 0 Å². The molecule has 0 heterocycles. The van der Waals surface area contributed by atoms with Crippen molar-refractivity contribution < 1.29 is 0 Å². The summed E-state index contributed by atoms with van der Waals surface area (Å²) in [5.41, 5.74) is 4.30. The Labute approximate surface area is 141 Å². The molecule has 0 saturated carbocycles. The summed E-state index contributed by atoms with van der Waals surface area (Å²) in [4.78, 5) is 0. The predicted molar refractivity (Wildman–Crippen MR) is 107 cm³/mol. The first-order chi connectivity index (χ1) is 10.5. The third kappa shape index (κ3) is 15.1. The molecular formula is C22H40. The van der Waals surface area contributed by atoms with E-state index in [1.807, 2.05) is 26.0 Å². The Morgan fingerprint density at radius 2 is 1.36 bits per heavy atom. The summed E-state index contributed by atoms with van der Waals surface area (Å²) in [6.45, 7) is 24.0. The molecular weight excluding hydrogens is 264 g/mol. The van der Waals surface area contributed by atoms with Crippen LogP contribution in [-0.2, 0) is 0 Å². The zero-order valence-corrected chi connectivity index (χ0v) is 16.5. The van der Waals surface area contributed by atoms with Gasteiger partial charge in [-0.05, 0) is 50.2 Å². The SMILES string of the molecule is C=CCC.C=CCC.CC.CCC(C)c1ccc(C)cc1C. The van der Waals surface area contributed by atoms with E-state index < -0.39 is 0 Å². The molecule has 22 heavy (non-hydrogen) atoms. The van der Waals surface area contributed by atoms with Gasteiger partial charge in [0.2, 0.25) is 0 Å². The summed E-state index contributed by atoms with van der Waals surface area (Å²) < 4.78 is 0. The fourth-order valence-electron chi connectivity index (χ4n) is 1.60. The summed E-state index contributed by atoms with van der Waals surface area (Å²) >= 11 is 0. The minimum absolute atomic E-state index is 0.700. The maximum Gasteiger partial charge on any atom is -0.0190 e. The largest absolute Gasteiger partial charge is 0.103 e. The Bertz CT molecular complexity index is 352. The van der Waals surface area contributed by atoms with Gasteiger partial charge in [0, 0.05) is 0 Å². The third-order valence-electron chi connectivity index (χ3n) is 3.15. The van der Waals surface area contributed by atoms with Crippen LogP contribution in [0.25, 0.3) is 0 Å². The lowest BCUT2D eigenvalue weighted by Crippen LogP contribution is -1.94. The van der Waals surface area contributed by atoms with E-state index in [2.05, 4.69) is 72.9 Å². The molecule has 0 amide bonds. The van der Waals surface area contributed by atoms with Crippen molar-refractivity contribution in [2.24, 2.45) is 0 Å². The first-order valence-corrected chi connectivity index (χ1v) is 8.77. The van der Waals surface area contributed by atoms with Gasteiger partial charge in [-0.25, -0.2) is 0 Å². The molecule has 0 bridgehead atoms. The van der Waals surface area contributed by atoms with E-state index in [0.717, 1.165) is 12.8 Å². The van der Waals surface area contributed by atoms with Crippen LogP contribution in [-0.4, -0.2) is 0 Å². The molecule has 0 aromatic heterocycles. The average Bonchev–Trinajstić information content (AvgIpc) is 2.56. The van der Waals surface area contributed by atoms with Crippen LogP contribution in [0.3, 0.4) is 0 Å². The third-order valence-corrected chi connectivity index (χ3v) is 3.15. The lowest BCUT2D eigenvalue weighted by molar-refractivity contribution is 0.728. The average molecular weight is 305 g/mol. The van der Waals surface area contributed by atoms with Gasteiger partial charge < -0.3 is 0 Å². The molecule has 1 rings (SSSR count). The zero-order valence-electron chi connectivity index (χ0n) is 16.5. The highest BCUT2D eigenvalue weighted by atomic mass is 14.1. The van der Waals surface area contributed by atoms with E-state index in [4.69, 9.17) is 0 Å². The zero-order chi connectivity index (χ0) is 18.0. The molecule has 0 aliphatic carbocycles. The van der Waals surface area contributed by atoms with E-state index in [0.29, 0.717) is 5.92 Å². The van der Waals surface area contributed by atoms with Gasteiger partial charge in [0.05, 0.1) is 0 Å². The van der Waals surface area contributed by atoms with Crippen molar-refractivity contribution in [3.8, 4) is 0 Å². The second-order valence-corrected chi connectivity index (χ2v) is 5.06. The van der Waals surface area contributed by atoms with E-state index in [1.165, 1.54) is 23.1 Å². The van der Waals surface area contributed by atoms with Crippen molar-refractivity contribution in [2.75, 3.05) is 0 Å². The molecule has 1 atom stereocenters. The molecule has 0 radical (unpaired) electrons. The minimum Gasteiger partial charge on any atom is -0.103 e. The molecule has 0 spiro atoms. The number of benzene rings is 1. The second-order valence-electron chi connectivity index (χ2n) is 5.06. The summed E-state index contributed by atoms with van der Waals surface area (Å²) in [5, 5.41) is 0. The van der Waals surface area contributed by atoms with Crippen molar-refractivity contribution in [2.45, 2.75) is 80.6 Å². The highest BCUT2D eigenvalue weighted by Gasteiger charge is 2.04. The maximum atomic E-state index is 3.48. The minimum atomic E-state index is 0.700. The monoisotopic (exact) mass is 304 g/mol. The van der Waals surface area contributed by atoms with Gasteiger partial charge in [-0.1, -0.05) is 77.5 Å². The topological polar surface area (TPSA) is 0 Å². The molecule has 0 fully saturated rings. The van der Waals surface area contributed by atoms with E-state index in [9.17, 15) is 0 Å². The van der Waals surface area contributed by atoms with Gasteiger partial charge in [-0.3, -0.25) is 0 Å². The van der Waals surface area contributed by atoms with Crippen LogP contribution in [0.15, 0.2) is 43.5 Å². The Kier molecular flexibility index (Phi) is 23.0. The van der Waals surface area contributed by atoms with Crippen LogP contribution in [0.4, 0.5) is 0 Å². The summed E-state index contributed by atoms with van der Waals surface area (Å²) in [6.07, 6.45) is 7.14. The standard InChI is InChI=1S/C12H18.2C4H8.C2H6/c1-5-10(3)12-7-6-9(2)8-11(12)4;2*1-3-4-2;1-2/h6-8,10H,5H2,1-4H3;2*3H,1,4H2,2H3;1-2H3. The predicted octanol–water partition coefficient (Wildman–Crippen LogP) is 8.01. The Morgan fingerprint density at radius 1 is 0.955 bits per heavy atom. The molecule has 0 aliphatic heterocycles. The molecule has 128 valence electrons. The van der Waals surface area contributed by atoms with Crippen LogP contribution in [0, 0.1) is 13.8 Å². The lowest BCUT2D eigenvalue weighted by atomic mass is 9.93. The quantitative estimate of drug-likeness (QED) is 0.494. The van der Waals surface area contributed by atoms with Crippen LogP contribution in [0.1, 0.15) is 83.4 Å². The van der Waals surface area contributed by atoms with Gasteiger partial charge in [0.25, 0.3) is 0 Å². The molecule has 0 nitrogen and oxygen atoms in total. The highest BCUT2D eigenvalue weighted by Crippen LogP contribution is 2.22. The summed E-state index contributed by atoms with van der Waals surface area (Å²) in [6, 6.07) is 6.73. The Morgan fingerprint density at radius 3 is 1.64 bits per heavy atom. The van der Waals surface area contributed by atoms with Crippen molar-refractivity contribution in [3.05, 3.63) is 60.2 Å². The highest BCUT2D eigenvalue weighted by molar-refractivity contribution is 5.32. The maximum absolute atomic E-state index is 3.48. The van der Waals surface area contributed by atoms with Crippen molar-refractivity contribution in [3.63, 3.8) is 0 Å². The van der Waals surface area contributed by atoms with Crippen LogP contribution < -0.4 is 0 Å². The number of allylic oxidation sites excluding steroid dienone is 2.